The molecule has 0 unspecified atom stereocenters. The van der Waals surface area contributed by atoms with E-state index in [9.17, 15) is 13.2 Å². The third-order valence-corrected chi connectivity index (χ3v) is 3.56. The smallest absolute Gasteiger partial charge is 0.305 e. The lowest BCUT2D eigenvalue weighted by molar-refractivity contribution is -0.136. The molecular formula is C12H17NO5S. The summed E-state index contributed by atoms with van der Waals surface area (Å²) in [5.74, 6) is -0.405. The molecule has 1 N–H and O–H groups in total. The maximum atomic E-state index is 11.7. The van der Waals surface area contributed by atoms with Gasteiger partial charge >= 0.3 is 5.97 Å². The van der Waals surface area contributed by atoms with Crippen LogP contribution in [0.1, 0.15) is 13.3 Å². The summed E-state index contributed by atoms with van der Waals surface area (Å²) in [7, 11) is -3.51. The van der Waals surface area contributed by atoms with Crippen molar-refractivity contribution < 1.29 is 23.1 Å². The van der Waals surface area contributed by atoms with Crippen molar-refractivity contribution in [3.8, 4) is 5.75 Å². The predicted octanol–water partition coefficient (Wildman–Crippen LogP) is 1.33. The lowest BCUT2D eigenvalue weighted by atomic mass is 10.3. The van der Waals surface area contributed by atoms with Crippen molar-refractivity contribution in [1.29, 1.82) is 0 Å². The van der Waals surface area contributed by atoms with Gasteiger partial charge in [-0.05, 0) is 31.2 Å². The fourth-order valence-electron chi connectivity index (χ4n) is 1.56. The predicted molar refractivity (Wildman–Crippen MR) is 72.1 cm³/mol. The first-order chi connectivity index (χ1) is 8.84. The lowest BCUT2D eigenvalue weighted by Crippen LogP contribution is -2.31. The summed E-state index contributed by atoms with van der Waals surface area (Å²) in [6, 6.07) is 6.48. The number of carbonyl (C=O) groups is 1. The van der Waals surface area contributed by atoms with Crippen molar-refractivity contribution in [3.63, 3.8) is 0 Å². The number of ether oxygens (including phenoxy) is 1. The molecule has 7 heteroatoms. The van der Waals surface area contributed by atoms with Gasteiger partial charge in [-0.25, -0.2) is 8.42 Å². The Morgan fingerprint density at radius 1 is 1.32 bits per heavy atom. The van der Waals surface area contributed by atoms with Gasteiger partial charge in [0.25, 0.3) is 0 Å². The second-order valence-electron chi connectivity index (χ2n) is 3.91. The summed E-state index contributed by atoms with van der Waals surface area (Å²) >= 11 is 0. The zero-order valence-corrected chi connectivity index (χ0v) is 11.7. The molecule has 0 aliphatic rings. The fourth-order valence-corrected chi connectivity index (χ4v) is 2.49. The van der Waals surface area contributed by atoms with Crippen molar-refractivity contribution >= 4 is 21.7 Å². The van der Waals surface area contributed by atoms with Gasteiger partial charge in [0.2, 0.25) is 10.0 Å². The highest BCUT2D eigenvalue weighted by Gasteiger charge is 2.18. The molecule has 106 valence electrons. The Morgan fingerprint density at radius 2 is 1.89 bits per heavy atom. The van der Waals surface area contributed by atoms with Gasteiger partial charge in [-0.2, -0.15) is 0 Å². The molecule has 6 nitrogen and oxygen atoms in total. The Morgan fingerprint density at radius 3 is 2.32 bits per heavy atom. The highest BCUT2D eigenvalue weighted by molar-refractivity contribution is 7.92. The number of carboxylic acid groups (broad SMARTS) is 1. The summed E-state index contributed by atoms with van der Waals surface area (Å²) in [5, 5.41) is 8.65. The Kier molecular flexibility index (Phi) is 5.17. The second-order valence-corrected chi connectivity index (χ2v) is 5.81. The van der Waals surface area contributed by atoms with Crippen LogP contribution >= 0.6 is 0 Å². The van der Waals surface area contributed by atoms with E-state index in [4.69, 9.17) is 9.84 Å². The first-order valence-corrected chi connectivity index (χ1v) is 7.61. The maximum Gasteiger partial charge on any atom is 0.305 e. The van der Waals surface area contributed by atoms with E-state index in [0.717, 1.165) is 10.6 Å². The molecule has 0 radical (unpaired) electrons. The molecule has 1 aromatic rings. The van der Waals surface area contributed by atoms with Crippen LogP contribution < -0.4 is 9.04 Å². The van der Waals surface area contributed by atoms with Gasteiger partial charge in [-0.3, -0.25) is 9.10 Å². The van der Waals surface area contributed by atoms with Crippen LogP contribution in [0.3, 0.4) is 0 Å². The van der Waals surface area contributed by atoms with Gasteiger partial charge in [0.15, 0.2) is 0 Å². The van der Waals surface area contributed by atoms with Gasteiger partial charge in [0.1, 0.15) is 5.75 Å². The van der Waals surface area contributed by atoms with Crippen LogP contribution in [0.2, 0.25) is 0 Å². The lowest BCUT2D eigenvalue weighted by Gasteiger charge is -2.21. The highest BCUT2D eigenvalue weighted by atomic mass is 32.2. The molecule has 0 amide bonds. The molecule has 0 spiro atoms. The van der Waals surface area contributed by atoms with Gasteiger partial charge < -0.3 is 9.84 Å². The normalized spacial score (nSPS) is 11.1. The monoisotopic (exact) mass is 287 g/mol. The average Bonchev–Trinajstić information content (AvgIpc) is 2.29. The molecule has 0 bridgehead atoms. The minimum Gasteiger partial charge on any atom is -0.494 e. The van der Waals surface area contributed by atoms with E-state index in [0.29, 0.717) is 18.0 Å². The van der Waals surface area contributed by atoms with Crippen LogP contribution in [0.25, 0.3) is 0 Å². The second kappa shape index (κ2) is 6.42. The quantitative estimate of drug-likeness (QED) is 0.817. The molecule has 0 aromatic heterocycles. The molecule has 0 aliphatic carbocycles. The van der Waals surface area contributed by atoms with E-state index in [1.54, 1.807) is 24.3 Å². The van der Waals surface area contributed by atoms with Gasteiger partial charge in [-0.1, -0.05) is 0 Å². The Balaban J connectivity index is 2.94. The number of hydrogen-bond donors (Lipinski definition) is 1. The minimum absolute atomic E-state index is 0.0951. The van der Waals surface area contributed by atoms with Crippen LogP contribution in [0.15, 0.2) is 24.3 Å². The molecule has 19 heavy (non-hydrogen) atoms. The summed E-state index contributed by atoms with van der Waals surface area (Å²) in [4.78, 5) is 10.6. The van der Waals surface area contributed by atoms with Crippen LogP contribution in [-0.2, 0) is 14.8 Å². The molecule has 0 saturated heterocycles. The first-order valence-electron chi connectivity index (χ1n) is 5.77. The molecule has 1 aromatic carbocycles. The van der Waals surface area contributed by atoms with E-state index < -0.39 is 16.0 Å². The third-order valence-electron chi connectivity index (χ3n) is 2.36. The molecule has 0 heterocycles. The van der Waals surface area contributed by atoms with Gasteiger partial charge in [-0.15, -0.1) is 0 Å². The zero-order valence-electron chi connectivity index (χ0n) is 10.9. The van der Waals surface area contributed by atoms with E-state index in [-0.39, 0.29) is 13.0 Å². The van der Waals surface area contributed by atoms with Crippen molar-refractivity contribution in [3.05, 3.63) is 24.3 Å². The molecule has 0 fully saturated rings. The van der Waals surface area contributed by atoms with E-state index >= 15 is 0 Å². The van der Waals surface area contributed by atoms with Gasteiger partial charge in [0, 0.05) is 6.54 Å². The third kappa shape index (κ3) is 4.78. The highest BCUT2D eigenvalue weighted by Crippen LogP contribution is 2.21. The number of hydrogen-bond acceptors (Lipinski definition) is 4. The largest absolute Gasteiger partial charge is 0.494 e. The molecule has 0 saturated carbocycles. The first kappa shape index (κ1) is 15.3. The number of anilines is 1. The maximum absolute atomic E-state index is 11.7. The van der Waals surface area contributed by atoms with Crippen molar-refractivity contribution in [2.24, 2.45) is 0 Å². The van der Waals surface area contributed by atoms with Crippen molar-refractivity contribution in [2.45, 2.75) is 13.3 Å². The summed E-state index contributed by atoms with van der Waals surface area (Å²) in [6.07, 6.45) is 0.797. The summed E-state index contributed by atoms with van der Waals surface area (Å²) in [6.45, 7) is 2.28. The van der Waals surface area contributed by atoms with Crippen LogP contribution in [0.4, 0.5) is 5.69 Å². The van der Waals surface area contributed by atoms with Gasteiger partial charge in [0.05, 0.1) is 25.0 Å². The van der Waals surface area contributed by atoms with Crippen molar-refractivity contribution in [1.82, 2.24) is 0 Å². The number of benzene rings is 1. The number of rotatable bonds is 7. The van der Waals surface area contributed by atoms with Crippen LogP contribution in [0, 0.1) is 0 Å². The fraction of sp³-hybridized carbons (Fsp3) is 0.417. The van der Waals surface area contributed by atoms with Crippen LogP contribution in [0.5, 0.6) is 5.75 Å². The zero-order chi connectivity index (χ0) is 14.5. The topological polar surface area (TPSA) is 83.9 Å². The van der Waals surface area contributed by atoms with E-state index in [2.05, 4.69) is 0 Å². The minimum atomic E-state index is -3.51. The standard InChI is InChI=1S/C12H17NO5S/c1-3-18-11-6-4-10(5-7-11)13(19(2,16)17)9-8-12(14)15/h4-7H,3,8-9H2,1-2H3,(H,14,15). The summed E-state index contributed by atoms with van der Waals surface area (Å²) < 4.78 is 29.6. The Hall–Kier alpha value is -1.76. The number of sulfonamides is 1. The van der Waals surface area contributed by atoms with E-state index in [1.807, 2.05) is 6.92 Å². The van der Waals surface area contributed by atoms with E-state index in [1.165, 1.54) is 0 Å². The molecular weight excluding hydrogens is 270 g/mol. The Bertz CT molecular complexity index is 524. The molecule has 1 rings (SSSR count). The SMILES string of the molecule is CCOc1ccc(N(CCC(=O)O)S(C)(=O)=O)cc1. The number of carboxylic acids is 1. The van der Waals surface area contributed by atoms with Crippen molar-refractivity contribution in [2.75, 3.05) is 23.7 Å². The molecule has 0 atom stereocenters. The summed E-state index contributed by atoms with van der Waals surface area (Å²) in [5.41, 5.74) is 0.423. The Labute approximate surface area is 112 Å². The average molecular weight is 287 g/mol. The van der Waals surface area contributed by atoms with Crippen LogP contribution in [-0.4, -0.2) is 38.9 Å². The molecule has 0 aliphatic heterocycles. The number of nitrogens with zero attached hydrogens (tertiary/aromatic N) is 1. The number of aliphatic carboxylic acids is 1.